The van der Waals surface area contributed by atoms with Crippen molar-refractivity contribution < 1.29 is 14.4 Å². The number of hydrogen-bond acceptors (Lipinski definition) is 6. The Morgan fingerprint density at radius 1 is 0.857 bits per heavy atom. The number of rotatable bonds is 8. The smallest absolute Gasteiger partial charge is 0.250 e. The van der Waals surface area contributed by atoms with E-state index < -0.39 is 5.91 Å². The molecule has 0 aliphatic heterocycles. The lowest BCUT2D eigenvalue weighted by Gasteiger charge is -2.05. The molecule has 21 heavy (non-hydrogen) atoms. The second kappa shape index (κ2) is 7.59. The molecule has 0 radical (unpaired) electrons. The highest BCUT2D eigenvalue weighted by Gasteiger charge is 2.12. The summed E-state index contributed by atoms with van der Waals surface area (Å²) in [7, 11) is 0. The zero-order chi connectivity index (χ0) is 15.8. The van der Waals surface area contributed by atoms with Crippen molar-refractivity contribution in [3.05, 3.63) is 49.6 Å². The van der Waals surface area contributed by atoms with Gasteiger partial charge in [0.2, 0.25) is 11.9 Å². The summed E-state index contributed by atoms with van der Waals surface area (Å²) in [6.45, 7) is 10.0. The Balaban J connectivity index is 3.11. The van der Waals surface area contributed by atoms with Crippen molar-refractivity contribution in [2.24, 2.45) is 0 Å². The van der Waals surface area contributed by atoms with Crippen LogP contribution in [0.2, 0.25) is 0 Å². The van der Waals surface area contributed by atoms with Gasteiger partial charge in [0.25, 0.3) is 0 Å². The molecular weight excluding hydrogens is 272 g/mol. The van der Waals surface area contributed by atoms with E-state index >= 15 is 0 Å². The van der Waals surface area contributed by atoms with Crippen LogP contribution in [0.15, 0.2) is 38.0 Å². The van der Waals surface area contributed by atoms with Gasteiger partial charge in [-0.25, -0.2) is 4.98 Å². The first-order chi connectivity index (χ1) is 9.98. The maximum Gasteiger partial charge on any atom is 0.250 e. The van der Waals surface area contributed by atoms with E-state index in [2.05, 4.69) is 40.0 Å². The molecular formula is C14H14N4O3. The minimum absolute atomic E-state index is 0.0476. The van der Waals surface area contributed by atoms with Crippen LogP contribution in [0.5, 0.6) is 0 Å². The Bertz CT molecular complexity index is 525. The molecule has 7 heteroatoms. The van der Waals surface area contributed by atoms with E-state index in [1.165, 1.54) is 0 Å². The fourth-order valence-corrected chi connectivity index (χ4v) is 1.30. The summed E-state index contributed by atoms with van der Waals surface area (Å²) in [6.07, 6.45) is 3.13. The van der Waals surface area contributed by atoms with Crippen LogP contribution in [0.3, 0.4) is 0 Å². The molecule has 0 saturated carbocycles. The number of ketones is 2. The predicted octanol–water partition coefficient (Wildman–Crippen LogP) is 0.591. The molecule has 0 aliphatic rings. The van der Waals surface area contributed by atoms with Gasteiger partial charge in [0, 0.05) is 0 Å². The summed E-state index contributed by atoms with van der Waals surface area (Å²) in [5.41, 5.74) is 0. The molecule has 0 saturated heterocycles. The maximum absolute atomic E-state index is 11.4. The van der Waals surface area contributed by atoms with E-state index in [1.807, 2.05) is 0 Å². The molecule has 1 aromatic rings. The normalized spacial score (nSPS) is 9.52. The van der Waals surface area contributed by atoms with E-state index in [0.717, 1.165) is 18.2 Å². The van der Waals surface area contributed by atoms with Crippen molar-refractivity contribution >= 4 is 23.4 Å². The number of nitrogens with zero attached hydrogens (tertiary/aromatic N) is 3. The summed E-state index contributed by atoms with van der Waals surface area (Å²) in [5.74, 6) is -0.856. The summed E-state index contributed by atoms with van der Waals surface area (Å²) in [4.78, 5) is 45.9. The fourth-order valence-electron chi connectivity index (χ4n) is 1.30. The number of hydrogen-bond donors (Lipinski definition) is 1. The van der Waals surface area contributed by atoms with Gasteiger partial charge in [0.05, 0.1) is 12.8 Å². The first kappa shape index (κ1) is 16.1. The Morgan fingerprint density at radius 3 is 1.71 bits per heavy atom. The van der Waals surface area contributed by atoms with Crippen molar-refractivity contribution in [3.63, 3.8) is 0 Å². The molecule has 0 unspecified atom stereocenters. The van der Waals surface area contributed by atoms with Crippen molar-refractivity contribution in [1.82, 2.24) is 15.0 Å². The standard InChI is InChI=1S/C14H14N4O3/c1-4-9(19)7-11-15-12(8-10(20)5-2)17-14(16-11)18-13(21)6-3/h4-6H,1-3,7-8H2,(H,15,16,17,18,21). The third kappa shape index (κ3) is 5.27. The van der Waals surface area contributed by atoms with Crippen LogP contribution < -0.4 is 5.32 Å². The maximum atomic E-state index is 11.4. The monoisotopic (exact) mass is 286 g/mol. The van der Waals surface area contributed by atoms with Crippen LogP contribution in [0.4, 0.5) is 5.95 Å². The lowest BCUT2D eigenvalue weighted by atomic mass is 10.2. The molecule has 0 spiro atoms. The Morgan fingerprint density at radius 2 is 1.33 bits per heavy atom. The van der Waals surface area contributed by atoms with Gasteiger partial charge in [-0.3, -0.25) is 19.7 Å². The first-order valence-corrected chi connectivity index (χ1v) is 5.96. The number of allylic oxidation sites excluding steroid dienone is 2. The molecule has 1 rings (SSSR count). The van der Waals surface area contributed by atoms with Crippen molar-refractivity contribution in [3.8, 4) is 0 Å². The quantitative estimate of drug-likeness (QED) is 0.702. The van der Waals surface area contributed by atoms with Gasteiger partial charge in [0.1, 0.15) is 11.6 Å². The van der Waals surface area contributed by atoms with Crippen molar-refractivity contribution in [1.29, 1.82) is 0 Å². The molecule has 1 heterocycles. The lowest BCUT2D eigenvalue weighted by molar-refractivity contribution is -0.114. The van der Waals surface area contributed by atoms with Crippen LogP contribution in [0, 0.1) is 0 Å². The molecule has 0 aliphatic carbocycles. The van der Waals surface area contributed by atoms with Gasteiger partial charge < -0.3 is 0 Å². The number of amides is 1. The molecule has 0 atom stereocenters. The van der Waals surface area contributed by atoms with Gasteiger partial charge in [0.15, 0.2) is 11.6 Å². The minimum Gasteiger partial charge on any atom is -0.294 e. The van der Waals surface area contributed by atoms with Gasteiger partial charge in [-0.1, -0.05) is 19.7 Å². The van der Waals surface area contributed by atoms with E-state index in [4.69, 9.17) is 0 Å². The average Bonchev–Trinajstić information content (AvgIpc) is 2.46. The van der Waals surface area contributed by atoms with Gasteiger partial charge >= 0.3 is 0 Å². The topological polar surface area (TPSA) is 102 Å². The summed E-state index contributed by atoms with van der Waals surface area (Å²) in [6, 6.07) is 0. The molecule has 1 amide bonds. The number of aromatic nitrogens is 3. The molecule has 108 valence electrons. The summed E-state index contributed by atoms with van der Waals surface area (Å²) < 4.78 is 0. The molecule has 1 aromatic heterocycles. The first-order valence-electron chi connectivity index (χ1n) is 5.96. The van der Waals surface area contributed by atoms with E-state index in [9.17, 15) is 14.4 Å². The second-order valence-electron chi connectivity index (χ2n) is 3.88. The van der Waals surface area contributed by atoms with Crippen LogP contribution in [0.1, 0.15) is 11.6 Å². The Hall–Kier alpha value is -2.96. The van der Waals surface area contributed by atoms with E-state index in [1.54, 1.807) is 0 Å². The van der Waals surface area contributed by atoms with Gasteiger partial charge in [-0.2, -0.15) is 9.97 Å². The third-order valence-electron chi connectivity index (χ3n) is 2.27. The zero-order valence-corrected chi connectivity index (χ0v) is 11.3. The fraction of sp³-hybridized carbons (Fsp3) is 0.143. The van der Waals surface area contributed by atoms with Crippen LogP contribution >= 0.6 is 0 Å². The van der Waals surface area contributed by atoms with Gasteiger partial charge in [-0.15, -0.1) is 0 Å². The molecule has 0 bridgehead atoms. The molecule has 1 N–H and O–H groups in total. The zero-order valence-electron chi connectivity index (χ0n) is 11.3. The third-order valence-corrected chi connectivity index (χ3v) is 2.27. The highest BCUT2D eigenvalue weighted by molar-refractivity contribution is 5.97. The Labute approximate surface area is 121 Å². The second-order valence-corrected chi connectivity index (χ2v) is 3.88. The molecule has 0 fully saturated rings. The average molecular weight is 286 g/mol. The number of anilines is 1. The van der Waals surface area contributed by atoms with Crippen molar-refractivity contribution in [2.75, 3.05) is 5.32 Å². The van der Waals surface area contributed by atoms with Crippen LogP contribution in [-0.2, 0) is 27.2 Å². The highest BCUT2D eigenvalue weighted by atomic mass is 16.1. The summed E-state index contributed by atoms with van der Waals surface area (Å²) >= 11 is 0. The summed E-state index contributed by atoms with van der Waals surface area (Å²) in [5, 5.41) is 2.36. The highest BCUT2D eigenvalue weighted by Crippen LogP contribution is 2.05. The van der Waals surface area contributed by atoms with E-state index in [-0.39, 0.29) is 42.0 Å². The van der Waals surface area contributed by atoms with Crippen LogP contribution in [0.25, 0.3) is 0 Å². The number of nitrogens with one attached hydrogen (secondary N) is 1. The SMILES string of the molecule is C=CC(=O)Cc1nc(CC(=O)C=C)nc(NC(=O)C=C)n1. The minimum atomic E-state index is -0.511. The predicted molar refractivity (Wildman–Crippen MR) is 76.5 cm³/mol. The Kier molecular flexibility index (Phi) is 5.81. The van der Waals surface area contributed by atoms with Gasteiger partial charge in [-0.05, 0) is 18.2 Å². The van der Waals surface area contributed by atoms with Crippen LogP contribution in [-0.4, -0.2) is 32.4 Å². The molecule has 7 nitrogen and oxygen atoms in total. The van der Waals surface area contributed by atoms with Crippen molar-refractivity contribution in [2.45, 2.75) is 12.8 Å². The molecule has 0 aromatic carbocycles. The van der Waals surface area contributed by atoms with E-state index in [0.29, 0.717) is 0 Å². The largest absolute Gasteiger partial charge is 0.294 e. The lowest BCUT2D eigenvalue weighted by Crippen LogP contribution is -2.16. The number of carbonyl (C=O) groups excluding carboxylic acids is 3. The number of carbonyl (C=O) groups is 3.